The SMILES string of the molecule is CC(C)(C)S(=O)/N=C(/CO[Si](C)(C)C(C)(C)C)c1ccc(C(F)(F)F)cc1. The Morgan fingerprint density at radius 1 is 1.04 bits per heavy atom. The first-order chi connectivity index (χ1) is 11.9. The second kappa shape index (κ2) is 8.17. The molecule has 0 amide bonds. The molecule has 0 aliphatic rings. The van der Waals surface area contributed by atoms with Gasteiger partial charge in [-0.05, 0) is 56.6 Å². The van der Waals surface area contributed by atoms with Crippen molar-refractivity contribution in [1.82, 2.24) is 0 Å². The normalized spacial score (nSPS) is 15.7. The Morgan fingerprint density at radius 2 is 1.52 bits per heavy atom. The molecule has 0 spiro atoms. The quantitative estimate of drug-likeness (QED) is 0.433. The molecule has 0 aliphatic carbocycles. The number of nitrogens with zero attached hydrogens (tertiary/aromatic N) is 1. The van der Waals surface area contributed by atoms with Crippen LogP contribution in [0.4, 0.5) is 13.2 Å². The highest BCUT2D eigenvalue weighted by molar-refractivity contribution is 7.85. The zero-order valence-electron chi connectivity index (χ0n) is 17.3. The third kappa shape index (κ3) is 6.83. The van der Waals surface area contributed by atoms with Crippen molar-refractivity contribution in [3.8, 4) is 0 Å². The van der Waals surface area contributed by atoms with Crippen LogP contribution in [0, 0.1) is 0 Å². The summed E-state index contributed by atoms with van der Waals surface area (Å²) in [5.41, 5.74) is 0.161. The van der Waals surface area contributed by atoms with Gasteiger partial charge in [-0.15, -0.1) is 0 Å². The van der Waals surface area contributed by atoms with E-state index in [1.807, 2.05) is 0 Å². The fraction of sp³-hybridized carbons (Fsp3) is 0.632. The molecule has 154 valence electrons. The van der Waals surface area contributed by atoms with E-state index in [2.05, 4.69) is 38.3 Å². The van der Waals surface area contributed by atoms with Gasteiger partial charge in [0.1, 0.15) is 11.0 Å². The molecule has 0 N–H and O–H groups in total. The maximum Gasteiger partial charge on any atom is 0.416 e. The topological polar surface area (TPSA) is 38.7 Å². The van der Waals surface area contributed by atoms with E-state index >= 15 is 0 Å². The third-order valence-electron chi connectivity index (χ3n) is 4.64. The fourth-order valence-electron chi connectivity index (χ4n) is 1.72. The summed E-state index contributed by atoms with van der Waals surface area (Å²) in [4.78, 5) is 0. The lowest BCUT2D eigenvalue weighted by molar-refractivity contribution is -0.137. The molecular weight excluding hydrogens is 391 g/mol. The van der Waals surface area contributed by atoms with Crippen molar-refractivity contribution in [2.45, 2.75) is 70.6 Å². The van der Waals surface area contributed by atoms with Crippen LogP contribution in [0.3, 0.4) is 0 Å². The van der Waals surface area contributed by atoms with Crippen LogP contribution in [0.25, 0.3) is 0 Å². The Kier molecular flexibility index (Phi) is 7.27. The molecule has 1 atom stereocenters. The molecule has 1 aromatic rings. The van der Waals surface area contributed by atoms with E-state index < -0.39 is 35.8 Å². The van der Waals surface area contributed by atoms with E-state index in [0.29, 0.717) is 11.3 Å². The number of hydrogen-bond acceptors (Lipinski definition) is 2. The highest BCUT2D eigenvalue weighted by atomic mass is 32.2. The van der Waals surface area contributed by atoms with Gasteiger partial charge in [0.05, 0.1) is 22.6 Å². The summed E-state index contributed by atoms with van der Waals surface area (Å²) < 4.78 is 60.9. The Hall–Kier alpha value is -0.993. The predicted molar refractivity (Wildman–Crippen MR) is 109 cm³/mol. The lowest BCUT2D eigenvalue weighted by Gasteiger charge is -2.36. The second-order valence-corrected chi connectivity index (χ2v) is 15.7. The minimum absolute atomic E-state index is 0.0264. The molecule has 1 rings (SSSR count). The van der Waals surface area contributed by atoms with E-state index in [1.54, 1.807) is 20.8 Å². The Bertz CT molecular complexity index is 700. The number of halogens is 3. The molecule has 0 radical (unpaired) electrons. The first kappa shape index (κ1) is 24.0. The average molecular weight is 422 g/mol. The monoisotopic (exact) mass is 421 g/mol. The van der Waals surface area contributed by atoms with Gasteiger partial charge < -0.3 is 4.43 Å². The summed E-state index contributed by atoms with van der Waals surface area (Å²) in [5.74, 6) is 0. The largest absolute Gasteiger partial charge is 0.416 e. The molecule has 27 heavy (non-hydrogen) atoms. The van der Waals surface area contributed by atoms with Crippen LogP contribution < -0.4 is 0 Å². The van der Waals surface area contributed by atoms with Crippen LogP contribution >= 0.6 is 0 Å². The van der Waals surface area contributed by atoms with Gasteiger partial charge in [0, 0.05) is 0 Å². The lowest BCUT2D eigenvalue weighted by Crippen LogP contribution is -2.42. The molecule has 3 nitrogen and oxygen atoms in total. The molecule has 1 aromatic carbocycles. The predicted octanol–water partition coefficient (Wildman–Crippen LogP) is 5.98. The number of alkyl halides is 3. The third-order valence-corrected chi connectivity index (χ3v) is 10.6. The summed E-state index contributed by atoms with van der Waals surface area (Å²) in [6, 6.07) is 4.74. The van der Waals surface area contributed by atoms with Gasteiger partial charge in [-0.25, -0.2) is 4.21 Å². The molecule has 0 aliphatic heterocycles. The lowest BCUT2D eigenvalue weighted by atomic mass is 10.1. The maximum atomic E-state index is 12.8. The summed E-state index contributed by atoms with van der Waals surface area (Å²) in [6.45, 7) is 16.0. The molecule has 0 saturated heterocycles. The molecule has 0 bridgehead atoms. The number of benzene rings is 1. The van der Waals surface area contributed by atoms with Crippen molar-refractivity contribution in [3.63, 3.8) is 0 Å². The fourth-order valence-corrected chi connectivity index (χ4v) is 3.28. The molecule has 0 saturated carbocycles. The van der Waals surface area contributed by atoms with Gasteiger partial charge in [0.25, 0.3) is 0 Å². The summed E-state index contributed by atoms with van der Waals surface area (Å²) in [5, 5.41) is -0.0264. The van der Waals surface area contributed by atoms with Crippen LogP contribution in [0.1, 0.15) is 52.7 Å². The smallest absolute Gasteiger partial charge is 0.411 e. The van der Waals surface area contributed by atoms with Crippen LogP contribution in [-0.4, -0.2) is 29.6 Å². The van der Waals surface area contributed by atoms with Crippen LogP contribution in [0.2, 0.25) is 18.1 Å². The molecule has 0 heterocycles. The summed E-state index contributed by atoms with van der Waals surface area (Å²) in [6.07, 6.45) is -4.40. The van der Waals surface area contributed by atoms with Crippen molar-refractivity contribution >= 4 is 25.0 Å². The molecule has 0 aromatic heterocycles. The van der Waals surface area contributed by atoms with Gasteiger partial charge in [-0.1, -0.05) is 32.9 Å². The van der Waals surface area contributed by atoms with Gasteiger partial charge in [-0.2, -0.15) is 17.6 Å². The summed E-state index contributed by atoms with van der Waals surface area (Å²) >= 11 is 0. The average Bonchev–Trinajstić information content (AvgIpc) is 2.48. The Balaban J connectivity index is 3.24. The first-order valence-corrected chi connectivity index (χ1v) is 12.8. The Morgan fingerprint density at radius 3 is 1.89 bits per heavy atom. The van der Waals surface area contributed by atoms with E-state index in [4.69, 9.17) is 4.43 Å². The van der Waals surface area contributed by atoms with Crippen molar-refractivity contribution in [3.05, 3.63) is 35.4 Å². The van der Waals surface area contributed by atoms with Crippen molar-refractivity contribution in [2.24, 2.45) is 4.40 Å². The van der Waals surface area contributed by atoms with E-state index in [0.717, 1.165) is 12.1 Å². The van der Waals surface area contributed by atoms with Crippen molar-refractivity contribution in [1.29, 1.82) is 0 Å². The summed E-state index contributed by atoms with van der Waals surface area (Å²) in [7, 11) is -3.64. The number of rotatable bonds is 5. The zero-order chi connectivity index (χ0) is 21.3. The number of hydrogen-bond donors (Lipinski definition) is 0. The molecular formula is C19H30F3NO2SSi. The highest BCUT2D eigenvalue weighted by Gasteiger charge is 2.37. The van der Waals surface area contributed by atoms with Gasteiger partial charge in [0.15, 0.2) is 8.32 Å². The van der Waals surface area contributed by atoms with Crippen molar-refractivity contribution in [2.75, 3.05) is 6.61 Å². The minimum Gasteiger partial charge on any atom is -0.411 e. The van der Waals surface area contributed by atoms with E-state index in [9.17, 15) is 17.4 Å². The first-order valence-electron chi connectivity index (χ1n) is 8.76. The van der Waals surface area contributed by atoms with E-state index in [1.165, 1.54) is 12.1 Å². The van der Waals surface area contributed by atoms with Gasteiger partial charge in [0.2, 0.25) is 0 Å². The second-order valence-electron chi connectivity index (χ2n) is 9.02. The highest BCUT2D eigenvalue weighted by Crippen LogP contribution is 2.36. The molecule has 0 fully saturated rings. The van der Waals surface area contributed by atoms with Gasteiger partial charge in [-0.3, -0.25) is 0 Å². The van der Waals surface area contributed by atoms with Crippen LogP contribution in [0.5, 0.6) is 0 Å². The standard InChI is InChI=1S/C19H30F3NO2SSi/c1-17(2,3)26(24)23-16(13-25-27(7,8)18(4,5)6)14-9-11-15(12-10-14)19(20,21)22/h9-12H,13H2,1-8H3/b23-16-. The van der Waals surface area contributed by atoms with E-state index in [-0.39, 0.29) is 11.6 Å². The maximum absolute atomic E-state index is 12.8. The molecule has 8 heteroatoms. The Labute approximate surface area is 164 Å². The van der Waals surface area contributed by atoms with Crippen LogP contribution in [-0.2, 0) is 21.6 Å². The van der Waals surface area contributed by atoms with Crippen LogP contribution in [0.15, 0.2) is 28.7 Å². The zero-order valence-corrected chi connectivity index (χ0v) is 19.1. The molecule has 1 unspecified atom stereocenters. The van der Waals surface area contributed by atoms with Crippen molar-refractivity contribution < 1.29 is 21.8 Å². The van der Waals surface area contributed by atoms with Gasteiger partial charge >= 0.3 is 6.18 Å². The minimum atomic E-state index is -4.40.